The molecule has 1 N–H and O–H groups in total. The van der Waals surface area contributed by atoms with E-state index in [1.807, 2.05) is 32.9 Å². The van der Waals surface area contributed by atoms with E-state index in [0.717, 1.165) is 0 Å². The average molecular weight is 266 g/mol. The zero-order valence-electron chi connectivity index (χ0n) is 12.0. The predicted molar refractivity (Wildman–Crippen MR) is 73.7 cm³/mol. The molecule has 4 nitrogen and oxygen atoms in total. The Hall–Kier alpha value is -1.71. The summed E-state index contributed by atoms with van der Waals surface area (Å²) in [6, 6.07) is 7.17. The molecule has 0 aliphatic rings. The topological polar surface area (TPSA) is 55.8 Å². The lowest BCUT2D eigenvalue weighted by atomic mass is 9.85. The van der Waals surface area contributed by atoms with Crippen molar-refractivity contribution in [2.45, 2.75) is 27.2 Å². The first kappa shape index (κ1) is 15.3. The van der Waals surface area contributed by atoms with Crippen LogP contribution in [0.2, 0.25) is 0 Å². The molecule has 1 aromatic carbocycles. The molecule has 0 amide bonds. The van der Waals surface area contributed by atoms with Crippen LogP contribution in [0.1, 0.15) is 27.2 Å². The van der Waals surface area contributed by atoms with Gasteiger partial charge >= 0.3 is 5.97 Å². The molecule has 1 aromatic rings. The number of aliphatic carboxylic acids is 1. The summed E-state index contributed by atoms with van der Waals surface area (Å²) in [6.45, 7) is 6.23. The van der Waals surface area contributed by atoms with Crippen molar-refractivity contribution >= 4 is 5.97 Å². The standard InChI is InChI=1S/C15H22O4/c1-15(2,3)9-11(14(16)17)10-19-13-7-5-6-12(8-13)18-4/h5-8,11H,9-10H2,1-4H3,(H,16,17). The van der Waals surface area contributed by atoms with E-state index in [1.54, 1.807) is 19.2 Å². The van der Waals surface area contributed by atoms with Gasteiger partial charge in [-0.25, -0.2) is 0 Å². The molecule has 1 unspecified atom stereocenters. The molecule has 0 fully saturated rings. The molecule has 0 radical (unpaired) electrons. The molecule has 0 spiro atoms. The Morgan fingerprint density at radius 3 is 2.47 bits per heavy atom. The van der Waals surface area contributed by atoms with E-state index in [-0.39, 0.29) is 12.0 Å². The highest BCUT2D eigenvalue weighted by Gasteiger charge is 2.25. The Morgan fingerprint density at radius 2 is 1.95 bits per heavy atom. The number of carboxylic acid groups (broad SMARTS) is 1. The fourth-order valence-electron chi connectivity index (χ4n) is 1.84. The smallest absolute Gasteiger partial charge is 0.309 e. The molecule has 4 heteroatoms. The molecule has 0 saturated carbocycles. The monoisotopic (exact) mass is 266 g/mol. The highest BCUT2D eigenvalue weighted by Crippen LogP contribution is 2.26. The van der Waals surface area contributed by atoms with Gasteiger partial charge in [-0.15, -0.1) is 0 Å². The van der Waals surface area contributed by atoms with Crippen molar-refractivity contribution < 1.29 is 19.4 Å². The zero-order valence-corrected chi connectivity index (χ0v) is 12.0. The Labute approximate surface area is 114 Å². The average Bonchev–Trinajstić information content (AvgIpc) is 2.33. The van der Waals surface area contributed by atoms with Crippen LogP contribution in [0, 0.1) is 11.3 Å². The van der Waals surface area contributed by atoms with Gasteiger partial charge in [-0.1, -0.05) is 26.8 Å². The SMILES string of the molecule is COc1cccc(OCC(CC(C)(C)C)C(=O)O)c1. The first-order chi connectivity index (χ1) is 8.81. The molecule has 0 aliphatic heterocycles. The van der Waals surface area contributed by atoms with Crippen molar-refractivity contribution in [3.8, 4) is 11.5 Å². The van der Waals surface area contributed by atoms with Crippen LogP contribution in [-0.4, -0.2) is 24.8 Å². The van der Waals surface area contributed by atoms with Crippen molar-refractivity contribution in [2.75, 3.05) is 13.7 Å². The molecule has 0 aliphatic carbocycles. The molecule has 19 heavy (non-hydrogen) atoms. The van der Waals surface area contributed by atoms with Crippen LogP contribution in [-0.2, 0) is 4.79 Å². The molecule has 0 aromatic heterocycles. The largest absolute Gasteiger partial charge is 0.497 e. The minimum atomic E-state index is -0.821. The maximum absolute atomic E-state index is 11.2. The summed E-state index contributed by atoms with van der Waals surface area (Å²) in [7, 11) is 1.58. The zero-order chi connectivity index (χ0) is 14.5. The van der Waals surface area contributed by atoms with E-state index < -0.39 is 11.9 Å². The van der Waals surface area contributed by atoms with Crippen LogP contribution in [0.15, 0.2) is 24.3 Å². The number of methoxy groups -OCH3 is 1. The van der Waals surface area contributed by atoms with Crippen molar-refractivity contribution in [2.24, 2.45) is 11.3 Å². The third kappa shape index (κ3) is 5.64. The maximum Gasteiger partial charge on any atom is 0.309 e. The number of carbonyl (C=O) groups is 1. The summed E-state index contributed by atoms with van der Waals surface area (Å²) in [5.74, 6) is -0.0104. The van der Waals surface area contributed by atoms with Gasteiger partial charge in [0.25, 0.3) is 0 Å². The second-order valence-corrected chi connectivity index (χ2v) is 5.79. The number of hydrogen-bond donors (Lipinski definition) is 1. The van der Waals surface area contributed by atoms with Crippen LogP contribution in [0.25, 0.3) is 0 Å². The van der Waals surface area contributed by atoms with E-state index in [9.17, 15) is 9.90 Å². The maximum atomic E-state index is 11.2. The summed E-state index contributed by atoms with van der Waals surface area (Å²) in [6.07, 6.45) is 0.576. The van der Waals surface area contributed by atoms with Gasteiger partial charge in [0, 0.05) is 6.07 Å². The lowest BCUT2D eigenvalue weighted by Crippen LogP contribution is -2.26. The van der Waals surface area contributed by atoms with E-state index in [1.165, 1.54) is 0 Å². The number of carboxylic acids is 1. The van der Waals surface area contributed by atoms with Crippen LogP contribution < -0.4 is 9.47 Å². The van der Waals surface area contributed by atoms with Crippen LogP contribution >= 0.6 is 0 Å². The fraction of sp³-hybridized carbons (Fsp3) is 0.533. The molecule has 0 heterocycles. The fourth-order valence-corrected chi connectivity index (χ4v) is 1.84. The second kappa shape index (κ2) is 6.45. The quantitative estimate of drug-likeness (QED) is 0.859. The molecule has 0 bridgehead atoms. The number of benzene rings is 1. The van der Waals surface area contributed by atoms with Gasteiger partial charge in [0.1, 0.15) is 18.1 Å². The van der Waals surface area contributed by atoms with Crippen molar-refractivity contribution in [1.29, 1.82) is 0 Å². The molecule has 0 saturated heterocycles. The highest BCUT2D eigenvalue weighted by atomic mass is 16.5. The van der Waals surface area contributed by atoms with Crippen molar-refractivity contribution in [1.82, 2.24) is 0 Å². The van der Waals surface area contributed by atoms with Crippen molar-refractivity contribution in [3.05, 3.63) is 24.3 Å². The number of hydrogen-bond acceptors (Lipinski definition) is 3. The van der Waals surface area contributed by atoms with Crippen LogP contribution in [0.5, 0.6) is 11.5 Å². The van der Waals surface area contributed by atoms with Gasteiger partial charge in [0.15, 0.2) is 0 Å². The molecule has 1 rings (SSSR count). The summed E-state index contributed by atoms with van der Waals surface area (Å²) in [5.41, 5.74) is -0.0409. The predicted octanol–water partition coefficient (Wildman–Crippen LogP) is 3.21. The van der Waals surface area contributed by atoms with Gasteiger partial charge in [-0.05, 0) is 24.0 Å². The minimum absolute atomic E-state index is 0.0409. The van der Waals surface area contributed by atoms with Crippen LogP contribution in [0.4, 0.5) is 0 Å². The Kier molecular flexibility index (Phi) is 5.21. The van der Waals surface area contributed by atoms with Crippen LogP contribution in [0.3, 0.4) is 0 Å². The first-order valence-electron chi connectivity index (χ1n) is 6.31. The summed E-state index contributed by atoms with van der Waals surface area (Å²) >= 11 is 0. The lowest BCUT2D eigenvalue weighted by Gasteiger charge is -2.23. The summed E-state index contributed by atoms with van der Waals surface area (Å²) < 4.78 is 10.7. The first-order valence-corrected chi connectivity index (χ1v) is 6.31. The minimum Gasteiger partial charge on any atom is -0.497 e. The number of ether oxygens (including phenoxy) is 2. The van der Waals surface area contributed by atoms with E-state index >= 15 is 0 Å². The molecule has 106 valence electrons. The van der Waals surface area contributed by atoms with Gasteiger partial charge in [0.05, 0.1) is 13.0 Å². The summed E-state index contributed by atoms with van der Waals surface area (Å²) in [5, 5.41) is 9.21. The summed E-state index contributed by atoms with van der Waals surface area (Å²) in [4.78, 5) is 11.2. The highest BCUT2D eigenvalue weighted by molar-refractivity contribution is 5.70. The van der Waals surface area contributed by atoms with Gasteiger partial charge in [0.2, 0.25) is 0 Å². The third-order valence-corrected chi connectivity index (χ3v) is 2.70. The van der Waals surface area contributed by atoms with E-state index in [0.29, 0.717) is 17.9 Å². The van der Waals surface area contributed by atoms with Crippen molar-refractivity contribution in [3.63, 3.8) is 0 Å². The van der Waals surface area contributed by atoms with Gasteiger partial charge in [-0.3, -0.25) is 4.79 Å². The molecular formula is C15H22O4. The Morgan fingerprint density at radius 1 is 1.32 bits per heavy atom. The normalized spacial score (nSPS) is 12.8. The Balaban J connectivity index is 2.63. The lowest BCUT2D eigenvalue weighted by molar-refractivity contribution is -0.143. The van der Waals surface area contributed by atoms with E-state index in [2.05, 4.69) is 0 Å². The molecule has 1 atom stereocenters. The Bertz CT molecular complexity index is 420. The van der Waals surface area contributed by atoms with E-state index in [4.69, 9.17) is 9.47 Å². The second-order valence-electron chi connectivity index (χ2n) is 5.79. The molecular weight excluding hydrogens is 244 g/mol. The van der Waals surface area contributed by atoms with Gasteiger partial charge in [-0.2, -0.15) is 0 Å². The number of rotatable bonds is 6. The van der Waals surface area contributed by atoms with Gasteiger partial charge < -0.3 is 14.6 Å². The third-order valence-electron chi connectivity index (χ3n) is 2.70.